The van der Waals surface area contributed by atoms with Gasteiger partial charge in [0, 0.05) is 6.42 Å². The molecule has 0 saturated carbocycles. The van der Waals surface area contributed by atoms with Crippen LogP contribution < -0.4 is 0 Å². The molecule has 1 rings (SSSR count). The highest BCUT2D eigenvalue weighted by atomic mass is 16.1. The fourth-order valence-electron chi connectivity index (χ4n) is 1.64. The highest BCUT2D eigenvalue weighted by molar-refractivity contribution is 5.82. The molecule has 0 amide bonds. The molecule has 0 radical (unpaired) electrons. The van der Waals surface area contributed by atoms with Crippen molar-refractivity contribution in [3.05, 3.63) is 35.9 Å². The first-order valence-electron chi connectivity index (χ1n) is 5.46. The van der Waals surface area contributed by atoms with Crippen LogP contribution in [0, 0.1) is 0 Å². The molecule has 0 aromatic heterocycles. The maximum Gasteiger partial charge on any atom is 0.151 e. The molecule has 0 spiro atoms. The molecule has 0 aliphatic heterocycles. The molecular weight excluding hydrogens is 186 g/mol. The van der Waals surface area contributed by atoms with Crippen LogP contribution in [-0.4, -0.2) is 30.8 Å². The van der Waals surface area contributed by atoms with Crippen molar-refractivity contribution in [3.63, 3.8) is 0 Å². The molecule has 0 fully saturated rings. The lowest BCUT2D eigenvalue weighted by Gasteiger charge is -2.13. The fraction of sp³-hybridized carbons (Fsp3) is 0.462. The van der Waals surface area contributed by atoms with Crippen LogP contribution in [0.15, 0.2) is 30.3 Å². The zero-order chi connectivity index (χ0) is 11.1. The van der Waals surface area contributed by atoms with Gasteiger partial charge in [0.05, 0.1) is 6.54 Å². The number of carbonyl (C=O) groups excluding carboxylic acids is 1. The molecule has 15 heavy (non-hydrogen) atoms. The van der Waals surface area contributed by atoms with E-state index in [0.717, 1.165) is 18.5 Å². The Morgan fingerprint density at radius 3 is 2.53 bits per heavy atom. The number of carbonyl (C=O) groups is 1. The van der Waals surface area contributed by atoms with Crippen molar-refractivity contribution in [1.29, 1.82) is 0 Å². The number of hydrogen-bond donors (Lipinski definition) is 0. The SMILES string of the molecule is CCCN(C)CC(=O)Cc1ccccc1. The Morgan fingerprint density at radius 1 is 1.27 bits per heavy atom. The predicted octanol–water partition coefficient (Wildman–Crippen LogP) is 2.14. The second-order valence-corrected chi connectivity index (χ2v) is 3.94. The number of hydrogen-bond acceptors (Lipinski definition) is 2. The van der Waals surface area contributed by atoms with Crippen LogP contribution >= 0.6 is 0 Å². The Hall–Kier alpha value is -1.15. The van der Waals surface area contributed by atoms with E-state index in [4.69, 9.17) is 0 Å². The number of benzene rings is 1. The van der Waals surface area contributed by atoms with E-state index < -0.39 is 0 Å². The van der Waals surface area contributed by atoms with Crippen LogP contribution in [0.5, 0.6) is 0 Å². The summed E-state index contributed by atoms with van der Waals surface area (Å²) < 4.78 is 0. The summed E-state index contributed by atoms with van der Waals surface area (Å²) in [6.07, 6.45) is 1.64. The smallest absolute Gasteiger partial charge is 0.151 e. The van der Waals surface area contributed by atoms with Crippen molar-refractivity contribution in [2.45, 2.75) is 19.8 Å². The Morgan fingerprint density at radius 2 is 1.93 bits per heavy atom. The minimum absolute atomic E-state index is 0.289. The number of rotatable bonds is 6. The first-order valence-corrected chi connectivity index (χ1v) is 5.46. The Kier molecular flexibility index (Phi) is 5.05. The molecule has 0 saturated heterocycles. The molecule has 0 atom stereocenters. The van der Waals surface area contributed by atoms with Crippen LogP contribution in [-0.2, 0) is 11.2 Å². The minimum atomic E-state index is 0.289. The summed E-state index contributed by atoms with van der Waals surface area (Å²) in [5.41, 5.74) is 1.10. The third kappa shape index (κ3) is 4.75. The summed E-state index contributed by atoms with van der Waals surface area (Å²) in [7, 11) is 1.99. The Bertz CT molecular complexity index is 295. The average molecular weight is 205 g/mol. The molecule has 0 N–H and O–H groups in total. The maximum atomic E-state index is 11.7. The van der Waals surface area contributed by atoms with Crippen LogP contribution in [0.2, 0.25) is 0 Å². The van der Waals surface area contributed by atoms with Gasteiger partial charge < -0.3 is 0 Å². The molecule has 0 unspecified atom stereocenters. The van der Waals surface area contributed by atoms with Gasteiger partial charge >= 0.3 is 0 Å². The molecule has 1 aromatic rings. The first kappa shape index (κ1) is 11.9. The summed E-state index contributed by atoms with van der Waals surface area (Å²) in [5, 5.41) is 0. The third-order valence-corrected chi connectivity index (χ3v) is 2.30. The van der Waals surface area contributed by atoms with E-state index in [1.807, 2.05) is 37.4 Å². The van der Waals surface area contributed by atoms with E-state index in [0.29, 0.717) is 13.0 Å². The normalized spacial score (nSPS) is 10.6. The van der Waals surface area contributed by atoms with Crippen LogP contribution in [0.1, 0.15) is 18.9 Å². The summed E-state index contributed by atoms with van der Waals surface area (Å²) in [6.45, 7) is 3.67. The number of nitrogens with zero attached hydrogens (tertiary/aromatic N) is 1. The lowest BCUT2D eigenvalue weighted by molar-refractivity contribution is -0.119. The van der Waals surface area contributed by atoms with E-state index in [1.165, 1.54) is 0 Å². The van der Waals surface area contributed by atoms with Gasteiger partial charge in [-0.3, -0.25) is 9.69 Å². The zero-order valence-corrected chi connectivity index (χ0v) is 9.57. The molecule has 82 valence electrons. The summed E-state index contributed by atoms with van der Waals surface area (Å²) >= 11 is 0. The van der Waals surface area contributed by atoms with Gasteiger partial charge in [0.1, 0.15) is 0 Å². The van der Waals surface area contributed by atoms with Crippen molar-refractivity contribution < 1.29 is 4.79 Å². The highest BCUT2D eigenvalue weighted by Gasteiger charge is 2.06. The van der Waals surface area contributed by atoms with Gasteiger partial charge in [0.15, 0.2) is 5.78 Å². The van der Waals surface area contributed by atoms with Crippen LogP contribution in [0.4, 0.5) is 0 Å². The lowest BCUT2D eigenvalue weighted by Crippen LogP contribution is -2.27. The van der Waals surface area contributed by atoms with Crippen molar-refractivity contribution in [2.75, 3.05) is 20.1 Å². The standard InChI is InChI=1S/C13H19NO/c1-3-9-14(2)11-13(15)10-12-7-5-4-6-8-12/h4-8H,3,9-11H2,1-2H3. The quantitative estimate of drug-likeness (QED) is 0.709. The predicted molar refractivity (Wildman–Crippen MR) is 62.9 cm³/mol. The summed E-state index contributed by atoms with van der Waals surface area (Å²) in [5.74, 6) is 0.289. The van der Waals surface area contributed by atoms with E-state index in [1.54, 1.807) is 0 Å². The maximum absolute atomic E-state index is 11.7. The van der Waals surface area contributed by atoms with Gasteiger partial charge in [-0.25, -0.2) is 0 Å². The molecule has 0 bridgehead atoms. The molecular formula is C13H19NO. The Labute approximate surface area is 91.9 Å². The average Bonchev–Trinajstić information content (AvgIpc) is 2.19. The molecule has 0 aliphatic rings. The highest BCUT2D eigenvalue weighted by Crippen LogP contribution is 2.00. The van der Waals surface area contributed by atoms with Crippen molar-refractivity contribution in [2.24, 2.45) is 0 Å². The van der Waals surface area contributed by atoms with E-state index in [-0.39, 0.29) is 5.78 Å². The molecule has 0 heterocycles. The van der Waals surface area contributed by atoms with Gasteiger partial charge in [-0.1, -0.05) is 37.3 Å². The summed E-state index contributed by atoms with van der Waals surface area (Å²) in [6, 6.07) is 9.91. The lowest BCUT2D eigenvalue weighted by atomic mass is 10.1. The third-order valence-electron chi connectivity index (χ3n) is 2.30. The second-order valence-electron chi connectivity index (χ2n) is 3.94. The number of Topliss-reactive ketones (excluding diaryl/α,β-unsaturated/α-hetero) is 1. The van der Waals surface area contributed by atoms with E-state index in [2.05, 4.69) is 11.8 Å². The Balaban J connectivity index is 2.36. The van der Waals surface area contributed by atoms with Crippen molar-refractivity contribution in [3.8, 4) is 0 Å². The van der Waals surface area contributed by atoms with Gasteiger partial charge in [0.25, 0.3) is 0 Å². The second kappa shape index (κ2) is 6.36. The van der Waals surface area contributed by atoms with Crippen molar-refractivity contribution >= 4 is 5.78 Å². The zero-order valence-electron chi connectivity index (χ0n) is 9.57. The van der Waals surface area contributed by atoms with Crippen LogP contribution in [0.25, 0.3) is 0 Å². The molecule has 2 heteroatoms. The van der Waals surface area contributed by atoms with Gasteiger partial charge in [-0.2, -0.15) is 0 Å². The molecule has 2 nitrogen and oxygen atoms in total. The van der Waals surface area contributed by atoms with Gasteiger partial charge in [-0.15, -0.1) is 0 Å². The number of likely N-dealkylation sites (N-methyl/N-ethyl adjacent to an activating group) is 1. The van der Waals surface area contributed by atoms with Crippen molar-refractivity contribution in [1.82, 2.24) is 4.90 Å². The first-order chi connectivity index (χ1) is 7.22. The minimum Gasteiger partial charge on any atom is -0.299 e. The largest absolute Gasteiger partial charge is 0.299 e. The van der Waals surface area contributed by atoms with Gasteiger partial charge in [0.2, 0.25) is 0 Å². The molecule has 1 aromatic carbocycles. The van der Waals surface area contributed by atoms with Gasteiger partial charge in [-0.05, 0) is 25.6 Å². The summed E-state index contributed by atoms with van der Waals surface area (Å²) in [4.78, 5) is 13.7. The fourth-order valence-corrected chi connectivity index (χ4v) is 1.64. The monoisotopic (exact) mass is 205 g/mol. The van der Waals surface area contributed by atoms with E-state index in [9.17, 15) is 4.79 Å². The molecule has 0 aliphatic carbocycles. The van der Waals surface area contributed by atoms with Crippen LogP contribution in [0.3, 0.4) is 0 Å². The number of ketones is 1. The topological polar surface area (TPSA) is 20.3 Å². The van der Waals surface area contributed by atoms with E-state index >= 15 is 0 Å².